The lowest BCUT2D eigenvalue weighted by atomic mass is 10.1. The Morgan fingerprint density at radius 2 is 1.83 bits per heavy atom. The van der Waals surface area contributed by atoms with Crippen LogP contribution >= 0.6 is 0 Å². The van der Waals surface area contributed by atoms with Crippen LogP contribution in [0.5, 0.6) is 0 Å². The highest BCUT2D eigenvalue weighted by Gasteiger charge is 2.59. The van der Waals surface area contributed by atoms with Gasteiger partial charge in [0, 0.05) is 18.1 Å². The third-order valence-electron chi connectivity index (χ3n) is 4.19. The Morgan fingerprint density at radius 1 is 1.08 bits per heavy atom. The van der Waals surface area contributed by atoms with Gasteiger partial charge < -0.3 is 28.4 Å². The van der Waals surface area contributed by atoms with Crippen LogP contribution in [0, 0.1) is 0 Å². The normalized spacial score (nSPS) is 39.6. The minimum absolute atomic E-state index is 0.234. The van der Waals surface area contributed by atoms with E-state index >= 15 is 0 Å². The van der Waals surface area contributed by atoms with Crippen molar-refractivity contribution in [1.82, 2.24) is 0 Å². The zero-order valence-electron chi connectivity index (χ0n) is 14.5. The summed E-state index contributed by atoms with van der Waals surface area (Å²) < 4.78 is 35.3. The molecule has 0 aromatic heterocycles. The molecule has 0 aromatic rings. The Hall–Kier alpha value is -0.930. The predicted octanol–water partition coefficient (Wildman–Crippen LogP) is 2.10. The molecule has 0 aliphatic carbocycles. The molecule has 3 heterocycles. The second-order valence-electron chi connectivity index (χ2n) is 7.08. The first-order chi connectivity index (χ1) is 11.3. The van der Waals surface area contributed by atoms with E-state index in [2.05, 4.69) is 10.0 Å². The summed E-state index contributed by atoms with van der Waals surface area (Å²) in [6.45, 7) is 8.73. The Balaban J connectivity index is 1.62. The molecule has 0 spiro atoms. The molecule has 9 heteroatoms. The first-order valence-corrected chi connectivity index (χ1v) is 8.27. The number of fused-ring (bicyclic) bond motifs is 1. The van der Waals surface area contributed by atoms with E-state index in [0.717, 1.165) is 0 Å². The highest BCUT2D eigenvalue weighted by atomic mass is 16.8. The highest BCUT2D eigenvalue weighted by molar-refractivity contribution is 4.99. The Morgan fingerprint density at radius 3 is 2.50 bits per heavy atom. The summed E-state index contributed by atoms with van der Waals surface area (Å²) >= 11 is 0. The molecule has 3 aliphatic heterocycles. The Bertz CT molecular complexity index is 507. The number of nitrogens with zero attached hydrogens (tertiary/aromatic N) is 3. The molecule has 0 amide bonds. The third kappa shape index (κ3) is 3.83. The second-order valence-corrected chi connectivity index (χ2v) is 7.08. The van der Waals surface area contributed by atoms with Crippen LogP contribution in [0.1, 0.15) is 34.1 Å². The first kappa shape index (κ1) is 17.9. The van der Waals surface area contributed by atoms with Gasteiger partial charge in [0.1, 0.15) is 24.4 Å². The van der Waals surface area contributed by atoms with E-state index in [-0.39, 0.29) is 24.4 Å². The molecule has 0 N–H and O–H groups in total. The average Bonchev–Trinajstić information content (AvgIpc) is 3.10. The lowest BCUT2D eigenvalue weighted by Gasteiger charge is -2.26. The molecule has 5 atom stereocenters. The monoisotopic (exact) mass is 343 g/mol. The highest BCUT2D eigenvalue weighted by Crippen LogP contribution is 2.42. The molecule has 0 radical (unpaired) electrons. The van der Waals surface area contributed by atoms with Gasteiger partial charge in [-0.15, -0.1) is 0 Å². The quantitative estimate of drug-likeness (QED) is 0.316. The van der Waals surface area contributed by atoms with Crippen molar-refractivity contribution in [2.75, 3.05) is 19.8 Å². The SMILES string of the molecule is CC1(C)O[C@@H]2[C@H](O1)[C@@H](OCCCN=[N+]=[N-])O[C@@H]2[C@@H]1COC(C)(C)O1. The number of hydrogen-bond donors (Lipinski definition) is 0. The van der Waals surface area contributed by atoms with E-state index in [0.29, 0.717) is 26.2 Å². The van der Waals surface area contributed by atoms with Gasteiger partial charge in [-0.2, -0.15) is 0 Å². The van der Waals surface area contributed by atoms with Gasteiger partial charge >= 0.3 is 0 Å². The van der Waals surface area contributed by atoms with Crippen LogP contribution in [-0.4, -0.2) is 62.0 Å². The molecule has 0 saturated carbocycles. The maximum atomic E-state index is 8.29. The minimum Gasteiger partial charge on any atom is -0.350 e. The maximum absolute atomic E-state index is 8.29. The van der Waals surface area contributed by atoms with E-state index in [9.17, 15) is 0 Å². The van der Waals surface area contributed by atoms with Gasteiger partial charge in [-0.05, 0) is 39.6 Å². The molecule has 3 fully saturated rings. The number of ether oxygens (including phenoxy) is 6. The molecule has 0 unspecified atom stereocenters. The van der Waals surface area contributed by atoms with E-state index in [1.807, 2.05) is 27.7 Å². The molecule has 3 aliphatic rings. The van der Waals surface area contributed by atoms with Crippen molar-refractivity contribution in [2.24, 2.45) is 5.11 Å². The summed E-state index contributed by atoms with van der Waals surface area (Å²) in [6, 6.07) is 0. The van der Waals surface area contributed by atoms with Crippen molar-refractivity contribution < 1.29 is 28.4 Å². The molecule has 9 nitrogen and oxygen atoms in total. The van der Waals surface area contributed by atoms with Gasteiger partial charge in [0.25, 0.3) is 0 Å². The molecule has 3 saturated heterocycles. The van der Waals surface area contributed by atoms with Gasteiger partial charge in [-0.3, -0.25) is 0 Å². The standard InChI is InChI=1S/C15H25N3O6/c1-14(2)20-8-9(22-14)10-11-12(24-15(3,4)23-11)13(21-10)19-7-5-6-17-18-16/h9-13H,5-8H2,1-4H3/t9-,10+,11-,12-,13-/m0/s1. The molecule has 0 aromatic carbocycles. The maximum Gasteiger partial charge on any atom is 0.187 e. The Labute approximate surface area is 141 Å². The predicted molar refractivity (Wildman–Crippen MR) is 82.0 cm³/mol. The third-order valence-corrected chi connectivity index (χ3v) is 4.19. The molecule has 0 bridgehead atoms. The molecular formula is C15H25N3O6. The van der Waals surface area contributed by atoms with Crippen molar-refractivity contribution in [3.05, 3.63) is 10.4 Å². The summed E-state index contributed by atoms with van der Waals surface area (Å²) in [5.41, 5.74) is 8.29. The first-order valence-electron chi connectivity index (χ1n) is 8.27. The summed E-state index contributed by atoms with van der Waals surface area (Å²) in [6.07, 6.45) is -1.07. The van der Waals surface area contributed by atoms with Crippen molar-refractivity contribution >= 4 is 0 Å². The average molecular weight is 343 g/mol. The van der Waals surface area contributed by atoms with Crippen LogP contribution in [0.25, 0.3) is 10.4 Å². The minimum atomic E-state index is -0.695. The molecule has 24 heavy (non-hydrogen) atoms. The molecule has 136 valence electrons. The van der Waals surface area contributed by atoms with Crippen molar-refractivity contribution in [3.63, 3.8) is 0 Å². The van der Waals surface area contributed by atoms with Gasteiger partial charge in [-0.1, -0.05) is 5.11 Å². The van der Waals surface area contributed by atoms with E-state index < -0.39 is 17.9 Å². The van der Waals surface area contributed by atoms with Crippen molar-refractivity contribution in [3.8, 4) is 0 Å². The number of rotatable bonds is 6. The summed E-state index contributed by atoms with van der Waals surface area (Å²) in [5.74, 6) is -1.33. The molecular weight excluding hydrogens is 318 g/mol. The van der Waals surface area contributed by atoms with Crippen LogP contribution in [-0.2, 0) is 28.4 Å². The fraction of sp³-hybridized carbons (Fsp3) is 1.00. The van der Waals surface area contributed by atoms with Gasteiger partial charge in [-0.25, -0.2) is 0 Å². The van der Waals surface area contributed by atoms with Crippen LogP contribution in [0.4, 0.5) is 0 Å². The van der Waals surface area contributed by atoms with Gasteiger partial charge in [0.2, 0.25) is 0 Å². The fourth-order valence-corrected chi connectivity index (χ4v) is 3.28. The van der Waals surface area contributed by atoms with Crippen LogP contribution in [0.3, 0.4) is 0 Å². The van der Waals surface area contributed by atoms with Crippen molar-refractivity contribution in [1.29, 1.82) is 0 Å². The summed E-state index contributed by atoms with van der Waals surface area (Å²) in [4.78, 5) is 2.72. The number of hydrogen-bond acceptors (Lipinski definition) is 7. The summed E-state index contributed by atoms with van der Waals surface area (Å²) in [7, 11) is 0. The van der Waals surface area contributed by atoms with E-state index in [4.69, 9.17) is 34.0 Å². The van der Waals surface area contributed by atoms with Gasteiger partial charge in [0.15, 0.2) is 17.9 Å². The smallest absolute Gasteiger partial charge is 0.187 e. The largest absolute Gasteiger partial charge is 0.350 e. The summed E-state index contributed by atoms with van der Waals surface area (Å²) in [5, 5.41) is 3.49. The van der Waals surface area contributed by atoms with Crippen LogP contribution in [0.15, 0.2) is 5.11 Å². The molecule has 3 rings (SSSR count). The zero-order chi connectivity index (χ0) is 17.4. The lowest BCUT2D eigenvalue weighted by molar-refractivity contribution is -0.247. The topological polar surface area (TPSA) is 104 Å². The van der Waals surface area contributed by atoms with Gasteiger partial charge in [0.05, 0.1) is 6.61 Å². The van der Waals surface area contributed by atoms with Crippen LogP contribution in [0.2, 0.25) is 0 Å². The number of azide groups is 1. The van der Waals surface area contributed by atoms with Crippen molar-refractivity contribution in [2.45, 2.75) is 76.4 Å². The van der Waals surface area contributed by atoms with E-state index in [1.165, 1.54) is 0 Å². The Kier molecular flexibility index (Phi) is 5.04. The van der Waals surface area contributed by atoms with Crippen LogP contribution < -0.4 is 0 Å². The zero-order valence-corrected chi connectivity index (χ0v) is 14.5. The second kappa shape index (κ2) is 6.76. The van der Waals surface area contributed by atoms with E-state index in [1.54, 1.807) is 0 Å². The lowest BCUT2D eigenvalue weighted by Crippen LogP contribution is -2.40. The fourth-order valence-electron chi connectivity index (χ4n) is 3.28.